The van der Waals surface area contributed by atoms with Gasteiger partial charge in [0.15, 0.2) is 0 Å². The molecule has 1 aliphatic carbocycles. The normalized spacial score (nSPS) is 16.1. The summed E-state index contributed by atoms with van der Waals surface area (Å²) in [5.41, 5.74) is 0. The van der Waals surface area contributed by atoms with Crippen molar-refractivity contribution in [2.45, 2.75) is 31.7 Å². The number of anilines is 1. The fraction of sp³-hybridized carbons (Fsp3) is 0.438. The second-order valence-electron chi connectivity index (χ2n) is 5.21. The van der Waals surface area contributed by atoms with Crippen molar-refractivity contribution in [2.24, 2.45) is 0 Å². The molecule has 0 atom stereocenters. The highest BCUT2D eigenvalue weighted by Crippen LogP contribution is 2.31. The van der Waals surface area contributed by atoms with Gasteiger partial charge in [-0.1, -0.05) is 37.1 Å². The number of aliphatic hydroxyl groups is 1. The zero-order chi connectivity index (χ0) is 13.1. The largest absolute Gasteiger partial charge is 0.395 e. The topological polar surface area (TPSA) is 36.4 Å². The molecule has 1 aromatic heterocycles. The fourth-order valence-electron chi connectivity index (χ4n) is 3.12. The van der Waals surface area contributed by atoms with Gasteiger partial charge in [0, 0.05) is 24.2 Å². The van der Waals surface area contributed by atoms with Crippen molar-refractivity contribution in [1.82, 2.24) is 4.98 Å². The molecule has 19 heavy (non-hydrogen) atoms. The minimum absolute atomic E-state index is 0.182. The Morgan fingerprint density at radius 2 is 1.95 bits per heavy atom. The van der Waals surface area contributed by atoms with Crippen LogP contribution >= 0.6 is 0 Å². The van der Waals surface area contributed by atoms with Gasteiger partial charge in [0.1, 0.15) is 5.82 Å². The first-order valence-electron chi connectivity index (χ1n) is 7.11. The molecule has 1 aromatic carbocycles. The number of fused-ring (bicyclic) bond motifs is 1. The Bertz CT molecular complexity index is 544. The van der Waals surface area contributed by atoms with Crippen LogP contribution in [0.1, 0.15) is 25.7 Å². The standard InChI is InChI=1S/C16H20N2O/c19-12-11-18(14-6-2-3-7-14)16-15-8-4-1-5-13(15)9-10-17-16/h1,4-5,8-10,14,19H,2-3,6-7,11-12H2. The summed E-state index contributed by atoms with van der Waals surface area (Å²) >= 11 is 0. The molecule has 1 heterocycles. The lowest BCUT2D eigenvalue weighted by Gasteiger charge is -2.30. The number of pyridine rings is 1. The van der Waals surface area contributed by atoms with Crippen LogP contribution in [0.3, 0.4) is 0 Å². The van der Waals surface area contributed by atoms with Crippen molar-refractivity contribution in [1.29, 1.82) is 0 Å². The number of hydrogen-bond donors (Lipinski definition) is 1. The summed E-state index contributed by atoms with van der Waals surface area (Å²) in [6.45, 7) is 0.854. The maximum absolute atomic E-state index is 9.36. The Labute approximate surface area is 113 Å². The van der Waals surface area contributed by atoms with Crippen molar-refractivity contribution in [3.8, 4) is 0 Å². The van der Waals surface area contributed by atoms with Crippen LogP contribution in [0.25, 0.3) is 10.8 Å². The van der Waals surface area contributed by atoms with Gasteiger partial charge in [0.05, 0.1) is 6.61 Å². The predicted molar refractivity (Wildman–Crippen MR) is 78.4 cm³/mol. The second-order valence-corrected chi connectivity index (χ2v) is 5.21. The Morgan fingerprint density at radius 1 is 1.16 bits per heavy atom. The van der Waals surface area contributed by atoms with E-state index >= 15 is 0 Å². The summed E-state index contributed by atoms with van der Waals surface area (Å²) < 4.78 is 0. The maximum atomic E-state index is 9.36. The average Bonchev–Trinajstić information content (AvgIpc) is 2.98. The summed E-state index contributed by atoms with van der Waals surface area (Å²) in [6.07, 6.45) is 6.88. The van der Waals surface area contributed by atoms with Crippen LogP contribution in [0, 0.1) is 0 Å². The van der Waals surface area contributed by atoms with Gasteiger partial charge in [-0.3, -0.25) is 0 Å². The van der Waals surface area contributed by atoms with Crippen LogP contribution in [0.2, 0.25) is 0 Å². The number of aromatic nitrogens is 1. The van der Waals surface area contributed by atoms with E-state index in [1.807, 2.05) is 12.3 Å². The summed E-state index contributed by atoms with van der Waals surface area (Å²) in [4.78, 5) is 6.89. The highest BCUT2D eigenvalue weighted by atomic mass is 16.3. The van der Waals surface area contributed by atoms with Gasteiger partial charge in [0.25, 0.3) is 0 Å². The van der Waals surface area contributed by atoms with Crippen molar-refractivity contribution in [3.63, 3.8) is 0 Å². The van der Waals surface area contributed by atoms with E-state index in [0.717, 1.165) is 5.82 Å². The Kier molecular flexibility index (Phi) is 3.65. The Morgan fingerprint density at radius 3 is 2.74 bits per heavy atom. The zero-order valence-corrected chi connectivity index (χ0v) is 11.1. The molecule has 1 saturated carbocycles. The number of aliphatic hydroxyl groups excluding tert-OH is 1. The van der Waals surface area contributed by atoms with E-state index in [1.54, 1.807) is 0 Å². The van der Waals surface area contributed by atoms with Crippen LogP contribution in [0.15, 0.2) is 36.5 Å². The van der Waals surface area contributed by atoms with Crippen LogP contribution in [0.5, 0.6) is 0 Å². The van der Waals surface area contributed by atoms with Gasteiger partial charge in [0.2, 0.25) is 0 Å². The molecule has 0 radical (unpaired) electrons. The zero-order valence-electron chi connectivity index (χ0n) is 11.1. The third-order valence-electron chi connectivity index (χ3n) is 4.03. The molecule has 0 unspecified atom stereocenters. The lowest BCUT2D eigenvalue weighted by atomic mass is 10.1. The number of nitrogens with zero attached hydrogens (tertiary/aromatic N) is 2. The Hall–Kier alpha value is -1.61. The fourth-order valence-corrected chi connectivity index (χ4v) is 3.12. The predicted octanol–water partition coefficient (Wildman–Crippen LogP) is 2.98. The van der Waals surface area contributed by atoms with E-state index < -0.39 is 0 Å². The SMILES string of the molecule is OCCN(c1nccc2ccccc12)C1CCCC1. The van der Waals surface area contributed by atoms with E-state index in [4.69, 9.17) is 0 Å². The van der Waals surface area contributed by atoms with E-state index in [2.05, 4.69) is 34.1 Å². The monoisotopic (exact) mass is 256 g/mol. The number of hydrogen-bond acceptors (Lipinski definition) is 3. The molecule has 1 N–H and O–H groups in total. The number of rotatable bonds is 4. The van der Waals surface area contributed by atoms with Crippen LogP contribution < -0.4 is 4.90 Å². The molecule has 3 rings (SSSR count). The van der Waals surface area contributed by atoms with Crippen molar-refractivity contribution >= 4 is 16.6 Å². The van der Waals surface area contributed by atoms with E-state index in [9.17, 15) is 5.11 Å². The van der Waals surface area contributed by atoms with E-state index in [-0.39, 0.29) is 6.61 Å². The van der Waals surface area contributed by atoms with Crippen LogP contribution in [-0.2, 0) is 0 Å². The van der Waals surface area contributed by atoms with Crippen molar-refractivity contribution < 1.29 is 5.11 Å². The maximum Gasteiger partial charge on any atom is 0.136 e. The van der Waals surface area contributed by atoms with Gasteiger partial charge in [-0.05, 0) is 24.3 Å². The molecule has 0 spiro atoms. The summed E-state index contributed by atoms with van der Waals surface area (Å²) in [7, 11) is 0. The molecule has 0 aliphatic heterocycles. The molecule has 100 valence electrons. The van der Waals surface area contributed by atoms with E-state index in [0.29, 0.717) is 12.6 Å². The van der Waals surface area contributed by atoms with Gasteiger partial charge >= 0.3 is 0 Å². The molecule has 1 aliphatic rings. The smallest absolute Gasteiger partial charge is 0.136 e. The third-order valence-corrected chi connectivity index (χ3v) is 4.03. The average molecular weight is 256 g/mol. The molecule has 0 amide bonds. The van der Waals surface area contributed by atoms with Crippen molar-refractivity contribution in [3.05, 3.63) is 36.5 Å². The molecule has 0 bridgehead atoms. The summed E-state index contributed by atoms with van der Waals surface area (Å²) in [6, 6.07) is 10.9. The Balaban J connectivity index is 2.03. The molecule has 1 fully saturated rings. The van der Waals surface area contributed by atoms with Gasteiger partial charge in [-0.2, -0.15) is 0 Å². The second kappa shape index (κ2) is 5.57. The first kappa shape index (κ1) is 12.4. The highest BCUT2D eigenvalue weighted by Gasteiger charge is 2.24. The first-order valence-corrected chi connectivity index (χ1v) is 7.11. The van der Waals surface area contributed by atoms with Crippen LogP contribution in [0.4, 0.5) is 5.82 Å². The molecule has 0 saturated heterocycles. The summed E-state index contributed by atoms with van der Waals surface area (Å²) in [5.74, 6) is 1.03. The molecule has 3 nitrogen and oxygen atoms in total. The third kappa shape index (κ3) is 2.43. The van der Waals surface area contributed by atoms with Crippen LogP contribution in [-0.4, -0.2) is 29.3 Å². The quantitative estimate of drug-likeness (QED) is 0.913. The minimum atomic E-state index is 0.182. The first-order chi connectivity index (χ1) is 9.40. The van der Waals surface area contributed by atoms with Crippen molar-refractivity contribution in [2.75, 3.05) is 18.1 Å². The molecular formula is C16H20N2O. The van der Waals surface area contributed by atoms with Gasteiger partial charge < -0.3 is 10.0 Å². The molecule has 3 heteroatoms. The lowest BCUT2D eigenvalue weighted by Crippen LogP contribution is -2.36. The minimum Gasteiger partial charge on any atom is -0.395 e. The lowest BCUT2D eigenvalue weighted by molar-refractivity contribution is 0.297. The highest BCUT2D eigenvalue weighted by molar-refractivity contribution is 5.92. The summed E-state index contributed by atoms with van der Waals surface area (Å²) in [5, 5.41) is 11.8. The van der Waals surface area contributed by atoms with Gasteiger partial charge in [-0.15, -0.1) is 0 Å². The molecule has 2 aromatic rings. The van der Waals surface area contributed by atoms with E-state index in [1.165, 1.54) is 36.5 Å². The van der Waals surface area contributed by atoms with Gasteiger partial charge in [-0.25, -0.2) is 4.98 Å². The number of benzene rings is 1. The molecular weight excluding hydrogens is 236 g/mol.